The van der Waals surface area contributed by atoms with Crippen LogP contribution < -0.4 is 14.9 Å². The normalized spacial score (nSPS) is 17.2. The number of aliphatic hydroxyl groups is 1. The number of aliphatic hydroxyl groups excluding tert-OH is 1. The van der Waals surface area contributed by atoms with Crippen LogP contribution >= 0.6 is 0 Å². The molecular formula is C20H25N5O4S. The van der Waals surface area contributed by atoms with Gasteiger partial charge in [-0.2, -0.15) is 4.98 Å². The third-order valence-electron chi connectivity index (χ3n) is 5.54. The van der Waals surface area contributed by atoms with Gasteiger partial charge in [0.05, 0.1) is 12.4 Å². The van der Waals surface area contributed by atoms with Gasteiger partial charge in [-0.1, -0.05) is 0 Å². The Kier molecular flexibility index (Phi) is 5.37. The van der Waals surface area contributed by atoms with Crippen molar-refractivity contribution >= 4 is 33.4 Å². The Hall–Kier alpha value is -2.72. The van der Waals surface area contributed by atoms with Gasteiger partial charge >= 0.3 is 0 Å². The average molecular weight is 432 g/mol. The molecule has 4 rings (SSSR count). The van der Waals surface area contributed by atoms with Crippen molar-refractivity contribution in [2.75, 3.05) is 40.4 Å². The molecule has 30 heavy (non-hydrogen) atoms. The summed E-state index contributed by atoms with van der Waals surface area (Å²) >= 11 is 0. The van der Waals surface area contributed by atoms with E-state index in [1.54, 1.807) is 6.07 Å². The molecule has 0 atom stereocenters. The number of carbonyl (C=O) groups excluding carboxylic acids is 1. The minimum absolute atomic E-state index is 0.322. The molecule has 1 spiro atoms. The fourth-order valence-electron chi connectivity index (χ4n) is 3.68. The summed E-state index contributed by atoms with van der Waals surface area (Å²) in [7, 11) is -3.61. The van der Waals surface area contributed by atoms with Crippen molar-refractivity contribution in [2.45, 2.75) is 26.2 Å². The predicted octanol–water partition coefficient (Wildman–Crippen LogP) is 1.76. The molecule has 1 aliphatic heterocycles. The number of hydrogen-bond donors (Lipinski definition) is 3. The van der Waals surface area contributed by atoms with Gasteiger partial charge in [-0.15, -0.1) is 0 Å². The molecule has 0 unspecified atom stereocenters. The van der Waals surface area contributed by atoms with E-state index in [0.717, 1.165) is 18.8 Å². The molecule has 2 aromatic rings. The van der Waals surface area contributed by atoms with Crippen LogP contribution in [0.4, 0.5) is 17.5 Å². The number of benzene rings is 1. The molecule has 0 bridgehead atoms. The Morgan fingerprint density at radius 1 is 1.20 bits per heavy atom. The van der Waals surface area contributed by atoms with E-state index >= 15 is 0 Å². The molecule has 1 aliphatic carbocycles. The van der Waals surface area contributed by atoms with Crippen LogP contribution in [0.15, 0.2) is 30.3 Å². The van der Waals surface area contributed by atoms with Crippen molar-refractivity contribution in [1.29, 1.82) is 0 Å². The van der Waals surface area contributed by atoms with Gasteiger partial charge in [-0.05, 0) is 55.9 Å². The number of aromatic nitrogens is 2. The molecule has 1 amide bonds. The van der Waals surface area contributed by atoms with Crippen molar-refractivity contribution in [3.05, 3.63) is 41.6 Å². The number of rotatable bonds is 7. The number of carbonyl (C=O) groups is 1. The van der Waals surface area contributed by atoms with Crippen LogP contribution in [0.5, 0.6) is 0 Å². The molecule has 0 radical (unpaired) electrons. The largest absolute Gasteiger partial charge is 0.395 e. The van der Waals surface area contributed by atoms with Gasteiger partial charge in [0.25, 0.3) is 5.91 Å². The smallest absolute Gasteiger partial charge is 0.256 e. The van der Waals surface area contributed by atoms with Gasteiger partial charge in [0.2, 0.25) is 16.0 Å². The maximum atomic E-state index is 12.6. The van der Waals surface area contributed by atoms with Crippen LogP contribution in [-0.4, -0.2) is 54.8 Å². The summed E-state index contributed by atoms with van der Waals surface area (Å²) in [4.78, 5) is 23.9. The first-order valence-corrected chi connectivity index (χ1v) is 11.6. The number of nitrogens with one attached hydrogen (secondary N) is 2. The minimum Gasteiger partial charge on any atom is -0.395 e. The molecule has 10 heteroatoms. The second-order valence-electron chi connectivity index (χ2n) is 8.04. The monoisotopic (exact) mass is 431 g/mol. The molecule has 2 aliphatic rings. The number of sulfonamides is 1. The van der Waals surface area contributed by atoms with Gasteiger partial charge in [-0.3, -0.25) is 9.52 Å². The number of aryl methyl sites for hydroxylation is 1. The highest BCUT2D eigenvalue weighted by atomic mass is 32.2. The van der Waals surface area contributed by atoms with E-state index in [9.17, 15) is 13.2 Å². The topological polar surface area (TPSA) is 125 Å². The van der Waals surface area contributed by atoms with Crippen molar-refractivity contribution in [3.8, 4) is 0 Å². The van der Waals surface area contributed by atoms with Gasteiger partial charge in [0, 0.05) is 36.1 Å². The quantitative estimate of drug-likeness (QED) is 0.610. The second kappa shape index (κ2) is 7.84. The van der Waals surface area contributed by atoms with Crippen molar-refractivity contribution in [2.24, 2.45) is 5.41 Å². The summed E-state index contributed by atoms with van der Waals surface area (Å²) in [6.07, 6.45) is 3.70. The van der Waals surface area contributed by atoms with Crippen LogP contribution in [0.1, 0.15) is 35.3 Å². The summed E-state index contributed by atoms with van der Waals surface area (Å²) in [5, 5.41) is 11.6. The highest BCUT2D eigenvalue weighted by Crippen LogP contribution is 2.53. The van der Waals surface area contributed by atoms with Gasteiger partial charge in [0.1, 0.15) is 5.82 Å². The van der Waals surface area contributed by atoms with Crippen LogP contribution in [0.2, 0.25) is 0 Å². The number of hydrogen-bond acceptors (Lipinski definition) is 7. The van der Waals surface area contributed by atoms with E-state index in [1.165, 1.54) is 43.5 Å². The molecule has 2 fully saturated rings. The Morgan fingerprint density at radius 3 is 2.57 bits per heavy atom. The molecule has 1 saturated heterocycles. The third kappa shape index (κ3) is 4.71. The zero-order chi connectivity index (χ0) is 21.4. The number of amides is 1. The molecule has 9 nitrogen and oxygen atoms in total. The molecule has 3 N–H and O–H groups in total. The van der Waals surface area contributed by atoms with Crippen LogP contribution in [0.25, 0.3) is 0 Å². The second-order valence-corrected chi connectivity index (χ2v) is 9.88. The molecule has 1 aromatic carbocycles. The molecule has 160 valence electrons. The maximum Gasteiger partial charge on any atom is 0.256 e. The van der Waals surface area contributed by atoms with Crippen LogP contribution in [-0.2, 0) is 10.0 Å². The van der Waals surface area contributed by atoms with Crippen molar-refractivity contribution in [3.63, 3.8) is 0 Å². The SMILES string of the molecule is Cc1cc(NC(=O)c2ccc(NS(=O)(=O)CCO)cc2)nc(N2CCC3(CC3)C2)n1. The maximum absolute atomic E-state index is 12.6. The summed E-state index contributed by atoms with van der Waals surface area (Å²) in [5.74, 6) is 0.349. The van der Waals surface area contributed by atoms with Gasteiger partial charge in [-0.25, -0.2) is 13.4 Å². The number of nitrogens with zero attached hydrogens (tertiary/aromatic N) is 3. The lowest BCUT2D eigenvalue weighted by Crippen LogP contribution is -2.23. The molecule has 2 heterocycles. The first kappa shape index (κ1) is 20.5. The Labute approximate surface area is 175 Å². The fraction of sp³-hybridized carbons (Fsp3) is 0.450. The van der Waals surface area contributed by atoms with Gasteiger partial charge < -0.3 is 15.3 Å². The first-order valence-electron chi connectivity index (χ1n) is 9.91. The van der Waals surface area contributed by atoms with E-state index in [1.807, 2.05) is 6.92 Å². The molecule has 1 saturated carbocycles. The first-order chi connectivity index (χ1) is 14.3. The average Bonchev–Trinajstić information content (AvgIpc) is 3.30. The van der Waals surface area contributed by atoms with E-state index < -0.39 is 16.6 Å². The van der Waals surface area contributed by atoms with Crippen molar-refractivity contribution < 1.29 is 18.3 Å². The number of anilines is 3. The van der Waals surface area contributed by atoms with Gasteiger partial charge in [0.15, 0.2) is 0 Å². The summed E-state index contributed by atoms with van der Waals surface area (Å²) in [6.45, 7) is 3.31. The van der Waals surface area contributed by atoms with E-state index in [-0.39, 0.29) is 11.7 Å². The lowest BCUT2D eigenvalue weighted by atomic mass is 10.1. The minimum atomic E-state index is -3.61. The lowest BCUT2D eigenvalue weighted by Gasteiger charge is -2.17. The predicted molar refractivity (Wildman–Crippen MR) is 114 cm³/mol. The zero-order valence-corrected chi connectivity index (χ0v) is 17.6. The Bertz CT molecular complexity index is 1050. The highest BCUT2D eigenvalue weighted by Gasteiger charge is 2.48. The van der Waals surface area contributed by atoms with Crippen LogP contribution in [0.3, 0.4) is 0 Å². The third-order valence-corrected chi connectivity index (χ3v) is 6.81. The van der Waals surface area contributed by atoms with E-state index in [2.05, 4.69) is 24.9 Å². The lowest BCUT2D eigenvalue weighted by molar-refractivity contribution is 0.102. The summed E-state index contributed by atoms with van der Waals surface area (Å²) in [5.41, 5.74) is 1.93. The molecule has 1 aromatic heterocycles. The fourth-order valence-corrected chi connectivity index (χ4v) is 4.52. The van der Waals surface area contributed by atoms with Crippen LogP contribution in [0, 0.1) is 12.3 Å². The Balaban J connectivity index is 1.43. The standard InChI is InChI=1S/C20H25N5O4S/c1-14-12-17(23-19(21-14)25-9-8-20(13-25)6-7-20)22-18(27)15-2-4-16(5-3-15)24-30(28,29)11-10-26/h2-5,12,24,26H,6-11,13H2,1H3,(H,21,22,23,27). The van der Waals surface area contributed by atoms with Crippen molar-refractivity contribution in [1.82, 2.24) is 9.97 Å². The summed E-state index contributed by atoms with van der Waals surface area (Å²) < 4.78 is 25.8. The van der Waals surface area contributed by atoms with E-state index in [0.29, 0.717) is 28.4 Å². The highest BCUT2D eigenvalue weighted by molar-refractivity contribution is 7.92. The molecular weight excluding hydrogens is 406 g/mol. The zero-order valence-electron chi connectivity index (χ0n) is 16.8. The van der Waals surface area contributed by atoms with E-state index in [4.69, 9.17) is 5.11 Å². The Morgan fingerprint density at radius 2 is 1.93 bits per heavy atom. The summed E-state index contributed by atoms with van der Waals surface area (Å²) in [6, 6.07) is 7.78.